The monoisotopic (exact) mass is 337 g/mol. The molecule has 7 aliphatic rings. The first-order valence-electron chi connectivity index (χ1n) is 10.1. The first-order chi connectivity index (χ1) is 12.8. The van der Waals surface area contributed by atoms with Crippen molar-refractivity contribution in [3.05, 3.63) is 76.4 Å². The van der Waals surface area contributed by atoms with Crippen LogP contribution in [0.4, 0.5) is 0 Å². The van der Waals surface area contributed by atoms with Crippen LogP contribution in [-0.2, 0) is 0 Å². The van der Waals surface area contributed by atoms with Crippen LogP contribution in [0.25, 0.3) is 5.57 Å². The minimum atomic E-state index is 0.103. The first kappa shape index (κ1) is 12.9. The number of fused-ring (bicyclic) bond motifs is 6. The van der Waals surface area contributed by atoms with Gasteiger partial charge in [0, 0.05) is 12.1 Å². The summed E-state index contributed by atoms with van der Waals surface area (Å²) in [6.45, 7) is 0.857. The van der Waals surface area contributed by atoms with Gasteiger partial charge >= 0.3 is 0 Å². The average molecular weight is 337 g/mol. The van der Waals surface area contributed by atoms with E-state index >= 15 is 0 Å². The number of nitrogens with zero attached hydrogens (tertiary/aromatic N) is 1. The summed E-state index contributed by atoms with van der Waals surface area (Å²) in [5, 5.41) is 0. The zero-order valence-corrected chi connectivity index (χ0v) is 14.4. The lowest BCUT2D eigenvalue weighted by atomic mass is 9.83. The molecule has 26 heavy (non-hydrogen) atoms. The molecule has 2 heterocycles. The molecule has 2 aliphatic heterocycles. The Bertz CT molecular complexity index is 1080. The van der Waals surface area contributed by atoms with Crippen molar-refractivity contribution in [2.45, 2.75) is 12.5 Å². The van der Waals surface area contributed by atoms with Gasteiger partial charge in [-0.05, 0) is 75.8 Å². The highest BCUT2D eigenvalue weighted by molar-refractivity contribution is 6.01. The summed E-state index contributed by atoms with van der Waals surface area (Å²) in [7, 11) is 0. The molecule has 2 nitrogen and oxygen atoms in total. The van der Waals surface area contributed by atoms with Crippen LogP contribution < -0.4 is 0 Å². The van der Waals surface area contributed by atoms with Crippen LogP contribution in [-0.4, -0.2) is 17.4 Å². The molecule has 0 spiro atoms. The third kappa shape index (κ3) is 1.15. The SMILES string of the molecule is O=C1c2ccccc2C2c3ccccc3C3=C(CN12)[C@H]1C2C4CC1[C@H]3C42. The van der Waals surface area contributed by atoms with Gasteiger partial charge in [-0.1, -0.05) is 42.5 Å². The van der Waals surface area contributed by atoms with Crippen molar-refractivity contribution in [3.8, 4) is 0 Å². The number of hydrogen-bond acceptors (Lipinski definition) is 1. The quantitative estimate of drug-likeness (QED) is 0.707. The second-order valence-electron chi connectivity index (χ2n) is 9.22. The molecule has 4 saturated carbocycles. The third-order valence-corrected chi connectivity index (χ3v) is 8.61. The smallest absolute Gasteiger partial charge is 0.255 e. The van der Waals surface area contributed by atoms with Crippen molar-refractivity contribution in [1.29, 1.82) is 0 Å². The predicted molar refractivity (Wildman–Crippen MR) is 98.2 cm³/mol. The molecule has 5 aliphatic carbocycles. The van der Waals surface area contributed by atoms with Crippen LogP contribution >= 0.6 is 0 Å². The number of allylic oxidation sites excluding steroid dienone is 1. The molecule has 2 aromatic rings. The summed E-state index contributed by atoms with van der Waals surface area (Å²) in [4.78, 5) is 15.5. The average Bonchev–Trinajstić information content (AvgIpc) is 3.04. The zero-order valence-electron chi connectivity index (χ0n) is 14.4. The minimum Gasteiger partial charge on any atom is -0.323 e. The molecule has 0 aromatic heterocycles. The topological polar surface area (TPSA) is 20.3 Å². The molecule has 7 atom stereocenters. The minimum absolute atomic E-state index is 0.103. The van der Waals surface area contributed by atoms with E-state index in [4.69, 9.17) is 0 Å². The largest absolute Gasteiger partial charge is 0.323 e. The summed E-state index contributed by atoms with van der Waals surface area (Å²) in [6.07, 6.45) is 1.46. The highest BCUT2D eigenvalue weighted by atomic mass is 16.2. The van der Waals surface area contributed by atoms with Gasteiger partial charge in [0.1, 0.15) is 0 Å². The van der Waals surface area contributed by atoms with E-state index < -0.39 is 0 Å². The maximum atomic E-state index is 13.3. The number of carbonyl (C=O) groups is 1. The molecule has 126 valence electrons. The molecule has 4 fully saturated rings. The molecule has 0 radical (unpaired) electrons. The lowest BCUT2D eigenvalue weighted by Crippen LogP contribution is -2.31. The van der Waals surface area contributed by atoms with Gasteiger partial charge in [-0.25, -0.2) is 0 Å². The van der Waals surface area contributed by atoms with Crippen molar-refractivity contribution < 1.29 is 4.79 Å². The third-order valence-electron chi connectivity index (χ3n) is 8.61. The van der Waals surface area contributed by atoms with Gasteiger partial charge in [0.15, 0.2) is 0 Å². The van der Waals surface area contributed by atoms with Gasteiger partial charge in [-0.15, -0.1) is 0 Å². The van der Waals surface area contributed by atoms with Gasteiger partial charge in [-0.2, -0.15) is 0 Å². The predicted octanol–water partition coefficient (Wildman–Crippen LogP) is 4.14. The maximum Gasteiger partial charge on any atom is 0.255 e. The van der Waals surface area contributed by atoms with Crippen LogP contribution in [0, 0.1) is 35.5 Å². The van der Waals surface area contributed by atoms with E-state index in [0.29, 0.717) is 0 Å². The highest BCUT2D eigenvalue weighted by Crippen LogP contribution is 2.83. The number of rotatable bonds is 0. The Morgan fingerprint density at radius 1 is 0.808 bits per heavy atom. The summed E-state index contributed by atoms with van der Waals surface area (Å²) >= 11 is 0. The molecule has 2 aromatic carbocycles. The summed E-state index contributed by atoms with van der Waals surface area (Å²) < 4.78 is 0. The fraction of sp³-hybridized carbons (Fsp3) is 0.375. The number of amides is 1. The summed E-state index contributed by atoms with van der Waals surface area (Å²) in [5.74, 6) is 5.67. The van der Waals surface area contributed by atoms with Crippen LogP contribution in [0.2, 0.25) is 0 Å². The van der Waals surface area contributed by atoms with Crippen LogP contribution in [0.3, 0.4) is 0 Å². The van der Waals surface area contributed by atoms with Crippen LogP contribution in [0.1, 0.15) is 39.5 Å². The molecule has 0 saturated heterocycles. The van der Waals surface area contributed by atoms with E-state index in [0.717, 1.165) is 47.6 Å². The lowest BCUT2D eigenvalue weighted by Gasteiger charge is -2.27. The Morgan fingerprint density at radius 2 is 1.50 bits per heavy atom. The fourth-order valence-electron chi connectivity index (χ4n) is 8.02. The molecule has 6 bridgehead atoms. The Kier molecular flexibility index (Phi) is 1.90. The standard InChI is InChI=1S/C24H19NO/c26-24-14-8-4-3-7-13(14)23-12-6-2-1-5-11(12)18-17(10-25(23)24)19-15-9-16-21(19)22(16)20(15)18/h1-8,15-16,19-23H,9-10H2/t15?,16?,19-,20+,21?,22?,23?/m0/s1. The van der Waals surface area contributed by atoms with Gasteiger partial charge < -0.3 is 4.90 Å². The highest BCUT2D eigenvalue weighted by Gasteiger charge is 2.77. The number of benzene rings is 2. The van der Waals surface area contributed by atoms with Crippen molar-refractivity contribution >= 4 is 11.5 Å². The van der Waals surface area contributed by atoms with Gasteiger partial charge in [0.05, 0.1) is 6.04 Å². The van der Waals surface area contributed by atoms with E-state index in [9.17, 15) is 4.79 Å². The number of carbonyl (C=O) groups excluding carboxylic acids is 1. The Labute approximate surface area is 152 Å². The van der Waals surface area contributed by atoms with Gasteiger partial charge in [-0.3, -0.25) is 4.79 Å². The van der Waals surface area contributed by atoms with Gasteiger partial charge in [0.2, 0.25) is 0 Å². The van der Waals surface area contributed by atoms with Crippen molar-refractivity contribution in [1.82, 2.24) is 4.90 Å². The Balaban J connectivity index is 1.42. The Hall–Kier alpha value is -2.35. The van der Waals surface area contributed by atoms with Crippen LogP contribution in [0.5, 0.6) is 0 Å². The van der Waals surface area contributed by atoms with Crippen LogP contribution in [0.15, 0.2) is 54.1 Å². The lowest BCUT2D eigenvalue weighted by molar-refractivity contribution is 0.0762. The molecule has 0 N–H and O–H groups in total. The molecular formula is C24H19NO. The molecule has 9 rings (SSSR count). The zero-order chi connectivity index (χ0) is 16.7. The first-order valence-corrected chi connectivity index (χ1v) is 10.1. The molecule has 1 amide bonds. The Morgan fingerprint density at radius 3 is 2.31 bits per heavy atom. The van der Waals surface area contributed by atoms with E-state index in [1.165, 1.54) is 23.1 Å². The van der Waals surface area contributed by atoms with Crippen molar-refractivity contribution in [2.75, 3.05) is 6.54 Å². The van der Waals surface area contributed by atoms with E-state index in [-0.39, 0.29) is 11.9 Å². The number of hydrogen-bond donors (Lipinski definition) is 0. The maximum absolute atomic E-state index is 13.3. The van der Waals surface area contributed by atoms with Crippen molar-refractivity contribution in [3.63, 3.8) is 0 Å². The second-order valence-corrected chi connectivity index (χ2v) is 9.22. The molecular weight excluding hydrogens is 318 g/mol. The van der Waals surface area contributed by atoms with Gasteiger partial charge in [0.25, 0.3) is 5.91 Å². The molecule has 2 heteroatoms. The summed E-state index contributed by atoms with van der Waals surface area (Å²) in [5.41, 5.74) is 8.23. The molecule has 5 unspecified atom stereocenters. The van der Waals surface area contributed by atoms with E-state index in [1.807, 2.05) is 12.1 Å². The summed E-state index contributed by atoms with van der Waals surface area (Å²) in [6, 6.07) is 17.3. The van der Waals surface area contributed by atoms with Crippen molar-refractivity contribution in [2.24, 2.45) is 35.5 Å². The normalized spacial score (nSPS) is 41.8. The van der Waals surface area contributed by atoms with E-state index in [1.54, 1.807) is 11.1 Å². The van der Waals surface area contributed by atoms with E-state index in [2.05, 4.69) is 41.3 Å². The fourth-order valence-corrected chi connectivity index (χ4v) is 8.02. The second kappa shape index (κ2) is 3.83.